The fraction of sp³-hybridized carbons (Fsp3) is 0.130. The van der Waals surface area contributed by atoms with E-state index in [0.717, 1.165) is 0 Å². The summed E-state index contributed by atoms with van der Waals surface area (Å²) in [5.41, 5.74) is 10.9. The van der Waals surface area contributed by atoms with E-state index in [9.17, 15) is 0 Å². The van der Waals surface area contributed by atoms with Crippen LogP contribution in [0.1, 0.15) is 33.7 Å². The van der Waals surface area contributed by atoms with Crippen LogP contribution in [0.5, 0.6) is 0 Å². The van der Waals surface area contributed by atoms with Crippen LogP contribution in [-0.4, -0.2) is 4.98 Å². The molecule has 0 saturated heterocycles. The number of fused-ring (bicyclic) bond motifs is 5. The van der Waals surface area contributed by atoms with Crippen LogP contribution >= 0.6 is 0 Å². The summed E-state index contributed by atoms with van der Waals surface area (Å²) in [6, 6.07) is 24.2. The Balaban J connectivity index is 1.92. The number of nitrogens with one attached hydrogen (secondary N) is 1. The second-order valence-electron chi connectivity index (χ2n) is 6.85. The van der Waals surface area contributed by atoms with Gasteiger partial charge in [-0.05, 0) is 48.2 Å². The van der Waals surface area contributed by atoms with Gasteiger partial charge in [0.1, 0.15) is 0 Å². The van der Waals surface area contributed by atoms with Gasteiger partial charge < -0.3 is 4.98 Å². The summed E-state index contributed by atoms with van der Waals surface area (Å²) >= 11 is 0. The topological polar surface area (TPSA) is 15.8 Å². The number of aryl methyl sites for hydroxylation is 2. The molecule has 0 amide bonds. The van der Waals surface area contributed by atoms with E-state index >= 15 is 0 Å². The third kappa shape index (κ3) is 1.75. The Morgan fingerprint density at radius 3 is 2.38 bits per heavy atom. The first kappa shape index (κ1) is 13.6. The molecule has 1 unspecified atom stereocenters. The largest absolute Gasteiger partial charge is 0.354 e. The number of aromatic amines is 1. The normalized spacial score (nSPS) is 15.5. The molecule has 1 heterocycles. The summed E-state index contributed by atoms with van der Waals surface area (Å²) in [7, 11) is 0. The molecule has 3 aromatic carbocycles. The molecule has 1 aliphatic rings. The van der Waals surface area contributed by atoms with Crippen molar-refractivity contribution in [1.29, 1.82) is 0 Å². The minimum Gasteiger partial charge on any atom is -0.354 e. The Morgan fingerprint density at radius 2 is 1.54 bits per heavy atom. The number of benzene rings is 3. The van der Waals surface area contributed by atoms with Crippen molar-refractivity contribution >= 4 is 10.9 Å². The van der Waals surface area contributed by atoms with Crippen molar-refractivity contribution in [2.75, 3.05) is 0 Å². The predicted molar refractivity (Wildman–Crippen MR) is 101 cm³/mol. The van der Waals surface area contributed by atoms with Crippen molar-refractivity contribution < 1.29 is 0 Å². The van der Waals surface area contributed by atoms with Crippen LogP contribution in [0.3, 0.4) is 0 Å². The molecule has 0 saturated carbocycles. The second kappa shape index (κ2) is 4.85. The molecule has 4 aromatic rings. The fourth-order valence-electron chi connectivity index (χ4n) is 4.37. The Bertz CT molecular complexity index is 1070. The van der Waals surface area contributed by atoms with Crippen LogP contribution in [0.15, 0.2) is 66.7 Å². The van der Waals surface area contributed by atoms with Crippen molar-refractivity contribution in [3.05, 3.63) is 94.5 Å². The van der Waals surface area contributed by atoms with Crippen molar-refractivity contribution in [2.45, 2.75) is 19.8 Å². The molecule has 24 heavy (non-hydrogen) atoms. The zero-order valence-corrected chi connectivity index (χ0v) is 13.9. The Labute approximate surface area is 142 Å². The minimum atomic E-state index is 0.313. The highest BCUT2D eigenvalue weighted by molar-refractivity contribution is 5.97. The van der Waals surface area contributed by atoms with Gasteiger partial charge in [0.2, 0.25) is 0 Å². The highest BCUT2D eigenvalue weighted by Gasteiger charge is 2.34. The standard InChI is InChI=1S/C23H19N/c1-14-12-15(2)20-18(13-14)23-22(17-10-6-7-11-19(17)24-23)21(20)16-8-4-3-5-9-16/h3-13,21,24H,1-2H3. The van der Waals surface area contributed by atoms with Crippen molar-refractivity contribution in [3.63, 3.8) is 0 Å². The average Bonchev–Trinajstić information content (AvgIpc) is 3.11. The lowest BCUT2D eigenvalue weighted by atomic mass is 9.86. The Kier molecular flexibility index (Phi) is 2.75. The molecule has 1 atom stereocenters. The molecule has 0 spiro atoms. The van der Waals surface area contributed by atoms with Crippen molar-refractivity contribution in [3.8, 4) is 11.3 Å². The lowest BCUT2D eigenvalue weighted by molar-refractivity contribution is 1.01. The number of hydrogen-bond acceptors (Lipinski definition) is 0. The number of rotatable bonds is 1. The van der Waals surface area contributed by atoms with Gasteiger partial charge in [-0.15, -0.1) is 0 Å². The molecular formula is C23H19N. The van der Waals surface area contributed by atoms with Gasteiger partial charge in [-0.1, -0.05) is 60.2 Å². The molecule has 0 aliphatic heterocycles. The number of H-pyrrole nitrogens is 1. The van der Waals surface area contributed by atoms with Gasteiger partial charge >= 0.3 is 0 Å². The molecule has 1 N–H and O–H groups in total. The van der Waals surface area contributed by atoms with Gasteiger partial charge in [0.25, 0.3) is 0 Å². The lowest BCUT2D eigenvalue weighted by Gasteiger charge is -2.17. The van der Waals surface area contributed by atoms with E-state index in [0.29, 0.717) is 5.92 Å². The fourth-order valence-corrected chi connectivity index (χ4v) is 4.37. The zero-order chi connectivity index (χ0) is 16.3. The number of hydrogen-bond donors (Lipinski definition) is 1. The van der Waals surface area contributed by atoms with Crippen molar-refractivity contribution in [2.24, 2.45) is 0 Å². The Hall–Kier alpha value is -2.80. The average molecular weight is 309 g/mol. The third-order valence-electron chi connectivity index (χ3n) is 5.26. The SMILES string of the molecule is Cc1cc(C)c2c(c1)-c1[nH]c3ccccc3c1C2c1ccccc1. The summed E-state index contributed by atoms with van der Waals surface area (Å²) in [4.78, 5) is 3.69. The molecule has 5 rings (SSSR count). The quantitative estimate of drug-likeness (QED) is 0.394. The van der Waals surface area contributed by atoms with E-state index in [-0.39, 0.29) is 0 Å². The lowest BCUT2D eigenvalue weighted by Crippen LogP contribution is -2.01. The monoisotopic (exact) mass is 309 g/mol. The molecule has 1 aromatic heterocycles. The molecule has 1 aliphatic carbocycles. The number of aromatic nitrogens is 1. The maximum atomic E-state index is 3.69. The predicted octanol–water partition coefficient (Wildman–Crippen LogP) is 5.95. The van der Waals surface area contributed by atoms with Gasteiger partial charge in [-0.25, -0.2) is 0 Å². The second-order valence-corrected chi connectivity index (χ2v) is 6.85. The van der Waals surface area contributed by atoms with E-state index in [4.69, 9.17) is 0 Å². The summed E-state index contributed by atoms with van der Waals surface area (Å²) < 4.78 is 0. The van der Waals surface area contributed by atoms with Crippen LogP contribution in [0.25, 0.3) is 22.2 Å². The van der Waals surface area contributed by atoms with E-state index in [1.807, 2.05) is 0 Å². The molecule has 0 fully saturated rings. The smallest absolute Gasteiger partial charge is 0.0510 e. The van der Waals surface area contributed by atoms with E-state index in [2.05, 4.69) is 85.6 Å². The van der Waals surface area contributed by atoms with Crippen LogP contribution in [-0.2, 0) is 0 Å². The van der Waals surface area contributed by atoms with E-state index in [1.54, 1.807) is 0 Å². The van der Waals surface area contributed by atoms with Gasteiger partial charge in [0, 0.05) is 22.4 Å². The van der Waals surface area contributed by atoms with Gasteiger partial charge in [0.05, 0.1) is 5.69 Å². The van der Waals surface area contributed by atoms with Gasteiger partial charge in [0.15, 0.2) is 0 Å². The molecule has 0 bridgehead atoms. The van der Waals surface area contributed by atoms with Crippen LogP contribution in [0.2, 0.25) is 0 Å². The molecular weight excluding hydrogens is 290 g/mol. The molecule has 116 valence electrons. The summed E-state index contributed by atoms with van der Waals surface area (Å²) in [6.07, 6.45) is 0. The highest BCUT2D eigenvalue weighted by Crippen LogP contribution is 2.52. The summed E-state index contributed by atoms with van der Waals surface area (Å²) in [6.45, 7) is 4.43. The van der Waals surface area contributed by atoms with Crippen LogP contribution in [0, 0.1) is 13.8 Å². The minimum absolute atomic E-state index is 0.313. The summed E-state index contributed by atoms with van der Waals surface area (Å²) in [5.74, 6) is 0.313. The first-order chi connectivity index (χ1) is 11.7. The zero-order valence-electron chi connectivity index (χ0n) is 13.9. The number of para-hydroxylation sites is 1. The Morgan fingerprint density at radius 1 is 0.792 bits per heavy atom. The maximum absolute atomic E-state index is 3.69. The van der Waals surface area contributed by atoms with Crippen LogP contribution < -0.4 is 0 Å². The van der Waals surface area contributed by atoms with Crippen molar-refractivity contribution in [1.82, 2.24) is 4.98 Å². The van der Waals surface area contributed by atoms with E-state index in [1.165, 1.54) is 50.0 Å². The van der Waals surface area contributed by atoms with Gasteiger partial charge in [-0.2, -0.15) is 0 Å². The molecule has 1 nitrogen and oxygen atoms in total. The first-order valence-electron chi connectivity index (χ1n) is 8.51. The third-order valence-corrected chi connectivity index (χ3v) is 5.26. The maximum Gasteiger partial charge on any atom is 0.0510 e. The first-order valence-corrected chi connectivity index (χ1v) is 8.51. The van der Waals surface area contributed by atoms with Crippen LogP contribution in [0.4, 0.5) is 0 Å². The van der Waals surface area contributed by atoms with Gasteiger partial charge in [-0.3, -0.25) is 0 Å². The van der Waals surface area contributed by atoms with E-state index < -0.39 is 0 Å². The molecule has 0 radical (unpaired) electrons. The summed E-state index contributed by atoms with van der Waals surface area (Å²) in [5, 5.41) is 1.34. The highest BCUT2D eigenvalue weighted by atomic mass is 14.7. The molecule has 1 heteroatoms.